The van der Waals surface area contributed by atoms with Crippen molar-refractivity contribution < 1.29 is 27.5 Å². The number of esters is 1. The molecule has 1 unspecified atom stereocenters. The molecule has 0 fully saturated rings. The first-order valence-corrected chi connectivity index (χ1v) is 9.32. The van der Waals surface area contributed by atoms with Crippen molar-refractivity contribution in [1.82, 2.24) is 9.13 Å². The Morgan fingerprint density at radius 1 is 1.32 bits per heavy atom. The molecule has 2 rings (SSSR count). The minimum atomic E-state index is -3.46. The number of nitrogens with zero attached hydrogens (tertiary/aromatic N) is 3. The van der Waals surface area contributed by atoms with Gasteiger partial charge in [-0.1, -0.05) is 16.8 Å². The Balaban J connectivity index is 2.50. The topological polar surface area (TPSA) is 91.9 Å². The highest BCUT2D eigenvalue weighted by atomic mass is 35.5. The van der Waals surface area contributed by atoms with E-state index in [1.807, 2.05) is 0 Å². The number of rotatable bonds is 7. The Labute approximate surface area is 179 Å². The van der Waals surface area contributed by atoms with Gasteiger partial charge in [-0.15, -0.1) is 0 Å². The van der Waals surface area contributed by atoms with E-state index in [-0.39, 0.29) is 17.2 Å². The molecule has 12 heteroatoms. The SMILES string of the molecule is CCOC(=O)C(C)O/N=C/c1cc(-n2c(=O)cc(C(C)(F)F)n(C)c2=O)c(F)cc1Cl. The fourth-order valence-corrected chi connectivity index (χ4v) is 2.77. The zero-order valence-electron chi connectivity index (χ0n) is 17.0. The molecule has 0 aliphatic rings. The van der Waals surface area contributed by atoms with Gasteiger partial charge in [-0.05, 0) is 26.0 Å². The standard InChI is InChI=1S/C19H19ClF3N3O5/c1-5-30-17(28)10(2)31-24-9-11-6-14(13(21)7-12(11)20)26-16(27)8-15(19(3,22)23)25(4)18(26)29/h6-10H,5H2,1-4H3/b24-9+. The van der Waals surface area contributed by atoms with E-state index >= 15 is 0 Å². The molecule has 0 amide bonds. The highest BCUT2D eigenvalue weighted by molar-refractivity contribution is 6.33. The van der Waals surface area contributed by atoms with E-state index in [1.165, 1.54) is 6.92 Å². The third-order valence-electron chi connectivity index (χ3n) is 4.11. The number of hydrogen-bond donors (Lipinski definition) is 0. The van der Waals surface area contributed by atoms with Gasteiger partial charge < -0.3 is 9.57 Å². The average molecular weight is 462 g/mol. The second kappa shape index (κ2) is 9.38. The summed E-state index contributed by atoms with van der Waals surface area (Å²) in [6, 6.07) is 2.39. The first-order valence-electron chi connectivity index (χ1n) is 8.95. The molecule has 0 aliphatic carbocycles. The van der Waals surface area contributed by atoms with E-state index in [0.29, 0.717) is 22.1 Å². The number of carbonyl (C=O) groups excluding carboxylic acids is 1. The van der Waals surface area contributed by atoms with Gasteiger partial charge in [0.1, 0.15) is 5.82 Å². The number of aromatic nitrogens is 2. The molecule has 0 spiro atoms. The van der Waals surface area contributed by atoms with Crippen molar-refractivity contribution in [3.05, 3.63) is 61.1 Å². The lowest BCUT2D eigenvalue weighted by molar-refractivity contribution is -0.155. The van der Waals surface area contributed by atoms with Crippen molar-refractivity contribution in [2.75, 3.05) is 6.61 Å². The number of halogens is 4. The number of alkyl halides is 2. The van der Waals surface area contributed by atoms with Crippen LogP contribution in [0.3, 0.4) is 0 Å². The fraction of sp³-hybridized carbons (Fsp3) is 0.368. The summed E-state index contributed by atoms with van der Waals surface area (Å²) >= 11 is 5.96. The maximum Gasteiger partial charge on any atom is 0.349 e. The largest absolute Gasteiger partial charge is 0.463 e. The number of hydrogen-bond acceptors (Lipinski definition) is 6. The molecule has 0 N–H and O–H groups in total. The van der Waals surface area contributed by atoms with Gasteiger partial charge in [0.25, 0.3) is 11.5 Å². The fourth-order valence-electron chi connectivity index (χ4n) is 2.57. The lowest BCUT2D eigenvalue weighted by Gasteiger charge is -2.17. The summed E-state index contributed by atoms with van der Waals surface area (Å²) in [5.41, 5.74) is -3.65. The normalized spacial score (nSPS) is 12.8. The van der Waals surface area contributed by atoms with Gasteiger partial charge in [0.05, 0.1) is 29.2 Å². The van der Waals surface area contributed by atoms with Crippen LogP contribution in [0.25, 0.3) is 5.69 Å². The first-order chi connectivity index (χ1) is 14.4. The molecule has 1 aromatic heterocycles. The predicted molar refractivity (Wildman–Crippen MR) is 107 cm³/mol. The van der Waals surface area contributed by atoms with Gasteiger partial charge in [0.15, 0.2) is 0 Å². The molecule has 2 aromatic rings. The summed E-state index contributed by atoms with van der Waals surface area (Å²) in [5, 5.41) is 3.44. The van der Waals surface area contributed by atoms with Gasteiger partial charge in [-0.25, -0.2) is 27.3 Å². The van der Waals surface area contributed by atoms with Crippen LogP contribution in [-0.4, -0.2) is 34.0 Å². The third-order valence-corrected chi connectivity index (χ3v) is 4.43. The first kappa shape index (κ1) is 24.2. The van der Waals surface area contributed by atoms with Crippen LogP contribution < -0.4 is 11.2 Å². The van der Waals surface area contributed by atoms with Crippen LogP contribution in [0.15, 0.2) is 32.9 Å². The van der Waals surface area contributed by atoms with Crippen molar-refractivity contribution in [2.45, 2.75) is 32.8 Å². The Hall–Kier alpha value is -3.08. The number of ether oxygens (including phenoxy) is 1. The highest BCUT2D eigenvalue weighted by Gasteiger charge is 2.30. The van der Waals surface area contributed by atoms with Crippen molar-refractivity contribution >= 4 is 23.8 Å². The van der Waals surface area contributed by atoms with E-state index in [4.69, 9.17) is 21.2 Å². The summed E-state index contributed by atoms with van der Waals surface area (Å²) < 4.78 is 47.5. The molecule has 0 bridgehead atoms. The smallest absolute Gasteiger partial charge is 0.349 e. The third kappa shape index (κ3) is 5.35. The molecule has 0 aliphatic heterocycles. The van der Waals surface area contributed by atoms with E-state index in [9.17, 15) is 27.6 Å². The Bertz CT molecular complexity index is 1140. The summed E-state index contributed by atoms with van der Waals surface area (Å²) in [7, 11) is 1.03. The summed E-state index contributed by atoms with van der Waals surface area (Å²) in [4.78, 5) is 41.3. The molecule has 168 valence electrons. The number of oxime groups is 1. The second-order valence-corrected chi connectivity index (χ2v) is 6.90. The van der Waals surface area contributed by atoms with E-state index < -0.39 is 46.4 Å². The van der Waals surface area contributed by atoms with Crippen molar-refractivity contribution in [1.29, 1.82) is 0 Å². The van der Waals surface area contributed by atoms with Crippen LogP contribution in [0.4, 0.5) is 13.2 Å². The lowest BCUT2D eigenvalue weighted by Crippen LogP contribution is -2.41. The summed E-state index contributed by atoms with van der Waals surface area (Å²) in [6.07, 6.45) is -0.00139. The maximum atomic E-state index is 14.5. The van der Waals surface area contributed by atoms with Crippen LogP contribution in [0.5, 0.6) is 0 Å². The molecule has 0 saturated heterocycles. The molecule has 1 aromatic carbocycles. The molecular weight excluding hydrogens is 443 g/mol. The Morgan fingerprint density at radius 2 is 1.97 bits per heavy atom. The van der Waals surface area contributed by atoms with Crippen LogP contribution >= 0.6 is 11.6 Å². The zero-order valence-corrected chi connectivity index (χ0v) is 17.7. The molecule has 0 radical (unpaired) electrons. The lowest BCUT2D eigenvalue weighted by atomic mass is 10.2. The van der Waals surface area contributed by atoms with Crippen LogP contribution in [0.2, 0.25) is 5.02 Å². The van der Waals surface area contributed by atoms with Crippen molar-refractivity contribution in [2.24, 2.45) is 12.2 Å². The van der Waals surface area contributed by atoms with Gasteiger partial charge in [-0.3, -0.25) is 9.36 Å². The van der Waals surface area contributed by atoms with E-state index in [0.717, 1.165) is 25.4 Å². The molecule has 0 saturated carbocycles. The summed E-state index contributed by atoms with van der Waals surface area (Å²) in [5.74, 6) is -5.17. The second-order valence-electron chi connectivity index (χ2n) is 6.49. The number of carbonyl (C=O) groups is 1. The van der Waals surface area contributed by atoms with E-state index in [2.05, 4.69) is 5.16 Å². The zero-order chi connectivity index (χ0) is 23.5. The van der Waals surface area contributed by atoms with E-state index in [1.54, 1.807) is 6.92 Å². The molecule has 8 nitrogen and oxygen atoms in total. The van der Waals surface area contributed by atoms with Gasteiger partial charge in [-0.2, -0.15) is 0 Å². The number of benzene rings is 1. The molecule has 1 heterocycles. The molecular formula is C19H19ClF3N3O5. The van der Waals surface area contributed by atoms with Gasteiger partial charge >= 0.3 is 11.7 Å². The van der Waals surface area contributed by atoms with Crippen molar-refractivity contribution in [3.63, 3.8) is 0 Å². The maximum absolute atomic E-state index is 14.5. The molecule has 31 heavy (non-hydrogen) atoms. The minimum absolute atomic E-state index is 0.0352. The predicted octanol–water partition coefficient (Wildman–Crippen LogP) is 2.74. The average Bonchev–Trinajstić information content (AvgIpc) is 2.66. The Kier molecular flexibility index (Phi) is 7.32. The van der Waals surface area contributed by atoms with Crippen molar-refractivity contribution in [3.8, 4) is 5.69 Å². The summed E-state index contributed by atoms with van der Waals surface area (Å²) in [6.45, 7) is 3.69. The van der Waals surface area contributed by atoms with Crippen LogP contribution in [-0.2, 0) is 27.3 Å². The highest BCUT2D eigenvalue weighted by Crippen LogP contribution is 2.25. The quantitative estimate of drug-likeness (QED) is 0.359. The monoisotopic (exact) mass is 461 g/mol. The minimum Gasteiger partial charge on any atom is -0.463 e. The van der Waals surface area contributed by atoms with Gasteiger partial charge in [0, 0.05) is 25.6 Å². The Morgan fingerprint density at radius 3 is 2.55 bits per heavy atom. The van der Waals surface area contributed by atoms with Crippen LogP contribution in [0, 0.1) is 5.82 Å². The molecule has 1 atom stereocenters. The van der Waals surface area contributed by atoms with Gasteiger partial charge in [0.2, 0.25) is 6.10 Å². The van der Waals surface area contributed by atoms with Crippen LogP contribution in [0.1, 0.15) is 32.0 Å².